The summed E-state index contributed by atoms with van der Waals surface area (Å²) in [6.07, 6.45) is 1.31. The van der Waals surface area contributed by atoms with Gasteiger partial charge in [0.1, 0.15) is 0 Å². The lowest BCUT2D eigenvalue weighted by Crippen LogP contribution is -2.15. The van der Waals surface area contributed by atoms with Crippen molar-refractivity contribution < 1.29 is 18.8 Å². The van der Waals surface area contributed by atoms with Gasteiger partial charge in [0.25, 0.3) is 0 Å². The summed E-state index contributed by atoms with van der Waals surface area (Å²) in [5.41, 5.74) is -0.686. The first kappa shape index (κ1) is 14.1. The maximum Gasteiger partial charge on any atom is 0.338 e. The highest BCUT2D eigenvalue weighted by atomic mass is 19.1. The largest absolute Gasteiger partial charge is 0.459 e. The van der Waals surface area contributed by atoms with E-state index in [1.54, 1.807) is 6.92 Å². The molecular formula is C12H14FNO4. The van der Waals surface area contributed by atoms with Crippen LogP contribution in [0.4, 0.5) is 10.1 Å². The van der Waals surface area contributed by atoms with Crippen LogP contribution in [0.25, 0.3) is 0 Å². The Morgan fingerprint density at radius 3 is 2.72 bits per heavy atom. The predicted octanol–water partition coefficient (Wildman–Crippen LogP) is 3.08. The van der Waals surface area contributed by atoms with Gasteiger partial charge in [0, 0.05) is 6.07 Å². The molecule has 0 spiro atoms. The zero-order chi connectivity index (χ0) is 13.7. The van der Waals surface area contributed by atoms with E-state index in [1.807, 2.05) is 6.92 Å². The van der Waals surface area contributed by atoms with E-state index in [9.17, 15) is 19.3 Å². The second-order valence-corrected chi connectivity index (χ2v) is 3.93. The lowest BCUT2D eigenvalue weighted by Gasteiger charge is -2.11. The quantitative estimate of drug-likeness (QED) is 0.460. The third-order valence-electron chi connectivity index (χ3n) is 2.38. The summed E-state index contributed by atoms with van der Waals surface area (Å²) in [4.78, 5) is 21.2. The van der Waals surface area contributed by atoms with Gasteiger partial charge in [-0.05, 0) is 25.5 Å². The number of halogens is 1. The molecule has 1 aromatic rings. The van der Waals surface area contributed by atoms with E-state index >= 15 is 0 Å². The molecule has 5 nitrogen and oxygen atoms in total. The average Bonchev–Trinajstić information content (AvgIpc) is 2.28. The molecule has 1 aromatic carbocycles. The minimum absolute atomic E-state index is 0.0268. The van der Waals surface area contributed by atoms with Crippen molar-refractivity contribution in [3.05, 3.63) is 39.7 Å². The molecule has 1 atom stereocenters. The van der Waals surface area contributed by atoms with Crippen molar-refractivity contribution in [3.63, 3.8) is 0 Å². The van der Waals surface area contributed by atoms with Crippen LogP contribution in [-0.2, 0) is 4.74 Å². The lowest BCUT2D eigenvalue weighted by atomic mass is 10.2. The van der Waals surface area contributed by atoms with E-state index < -0.39 is 22.4 Å². The summed E-state index contributed by atoms with van der Waals surface area (Å²) < 4.78 is 18.4. The maximum absolute atomic E-state index is 13.3. The molecule has 0 aliphatic rings. The van der Waals surface area contributed by atoms with Crippen molar-refractivity contribution in [2.24, 2.45) is 0 Å². The molecule has 18 heavy (non-hydrogen) atoms. The molecule has 98 valence electrons. The average molecular weight is 255 g/mol. The van der Waals surface area contributed by atoms with Crippen molar-refractivity contribution in [3.8, 4) is 0 Å². The molecule has 0 aromatic heterocycles. The van der Waals surface area contributed by atoms with Gasteiger partial charge >= 0.3 is 11.7 Å². The smallest absolute Gasteiger partial charge is 0.338 e. The number of hydrogen-bond donors (Lipinski definition) is 0. The highest BCUT2D eigenvalue weighted by Crippen LogP contribution is 2.19. The van der Waals surface area contributed by atoms with Gasteiger partial charge in [-0.15, -0.1) is 0 Å². The van der Waals surface area contributed by atoms with Crippen LogP contribution < -0.4 is 0 Å². The van der Waals surface area contributed by atoms with Gasteiger partial charge in [-0.2, -0.15) is 4.39 Å². The van der Waals surface area contributed by atoms with E-state index in [0.29, 0.717) is 6.42 Å². The van der Waals surface area contributed by atoms with Crippen LogP contribution in [0.3, 0.4) is 0 Å². The van der Waals surface area contributed by atoms with Gasteiger partial charge in [0.2, 0.25) is 5.82 Å². The van der Waals surface area contributed by atoms with Gasteiger partial charge < -0.3 is 4.74 Å². The Morgan fingerprint density at radius 1 is 1.56 bits per heavy atom. The number of esters is 1. The second kappa shape index (κ2) is 6.09. The zero-order valence-electron chi connectivity index (χ0n) is 10.2. The van der Waals surface area contributed by atoms with Crippen LogP contribution in [-0.4, -0.2) is 17.0 Å². The van der Waals surface area contributed by atoms with Gasteiger partial charge in [-0.3, -0.25) is 10.1 Å². The van der Waals surface area contributed by atoms with Gasteiger partial charge in [0.05, 0.1) is 16.6 Å². The van der Waals surface area contributed by atoms with E-state index in [4.69, 9.17) is 4.74 Å². The van der Waals surface area contributed by atoms with Gasteiger partial charge in [0.15, 0.2) is 0 Å². The number of hydrogen-bond acceptors (Lipinski definition) is 4. The Balaban J connectivity index is 2.81. The first-order valence-corrected chi connectivity index (χ1v) is 5.60. The van der Waals surface area contributed by atoms with E-state index in [2.05, 4.69) is 0 Å². The highest BCUT2D eigenvalue weighted by Gasteiger charge is 2.18. The fraction of sp³-hybridized carbons (Fsp3) is 0.417. The normalized spacial score (nSPS) is 11.9. The Bertz CT molecular complexity index is 461. The van der Waals surface area contributed by atoms with E-state index in [-0.39, 0.29) is 11.7 Å². The molecule has 0 amide bonds. The summed E-state index contributed by atoms with van der Waals surface area (Å²) in [5.74, 6) is -1.72. The zero-order valence-corrected chi connectivity index (χ0v) is 10.2. The predicted molar refractivity (Wildman–Crippen MR) is 62.8 cm³/mol. The molecule has 1 unspecified atom stereocenters. The first-order chi connectivity index (χ1) is 8.45. The molecule has 0 radical (unpaired) electrons. The fourth-order valence-electron chi connectivity index (χ4n) is 1.50. The molecule has 0 saturated carbocycles. The number of nitro groups is 1. The van der Waals surface area contributed by atoms with E-state index in [1.165, 1.54) is 6.07 Å². The monoisotopic (exact) mass is 255 g/mol. The summed E-state index contributed by atoms with van der Waals surface area (Å²) in [6.45, 7) is 3.69. The van der Waals surface area contributed by atoms with Crippen molar-refractivity contribution in [2.45, 2.75) is 32.8 Å². The Labute approximate surface area is 104 Å². The van der Waals surface area contributed by atoms with Crippen LogP contribution in [0.5, 0.6) is 0 Å². The third kappa shape index (κ3) is 3.51. The standard InChI is InChI=1S/C12H14FNO4/c1-3-4-8(2)18-12(15)9-5-6-11(14(16)17)10(13)7-9/h5-8H,3-4H2,1-2H3. The van der Waals surface area contributed by atoms with Gasteiger partial charge in [-0.1, -0.05) is 13.3 Å². The summed E-state index contributed by atoms with van der Waals surface area (Å²) in [5, 5.41) is 10.4. The summed E-state index contributed by atoms with van der Waals surface area (Å²) in [7, 11) is 0. The summed E-state index contributed by atoms with van der Waals surface area (Å²) in [6, 6.07) is 2.96. The van der Waals surface area contributed by atoms with Crippen molar-refractivity contribution in [1.29, 1.82) is 0 Å². The molecule has 0 aliphatic heterocycles. The van der Waals surface area contributed by atoms with E-state index in [0.717, 1.165) is 18.6 Å². The molecule has 0 saturated heterocycles. The number of carbonyl (C=O) groups is 1. The molecule has 0 heterocycles. The molecule has 0 N–H and O–H groups in total. The first-order valence-electron chi connectivity index (χ1n) is 5.60. The maximum atomic E-state index is 13.3. The Hall–Kier alpha value is -1.98. The number of rotatable bonds is 5. The lowest BCUT2D eigenvalue weighted by molar-refractivity contribution is -0.387. The van der Waals surface area contributed by atoms with Crippen LogP contribution in [0, 0.1) is 15.9 Å². The second-order valence-electron chi connectivity index (χ2n) is 3.93. The van der Waals surface area contributed by atoms with Crippen molar-refractivity contribution >= 4 is 11.7 Å². The molecule has 0 bridgehead atoms. The topological polar surface area (TPSA) is 69.4 Å². The minimum atomic E-state index is -1.04. The minimum Gasteiger partial charge on any atom is -0.459 e. The van der Waals surface area contributed by atoms with Crippen LogP contribution >= 0.6 is 0 Å². The molecule has 0 fully saturated rings. The molecular weight excluding hydrogens is 241 g/mol. The highest BCUT2D eigenvalue weighted by molar-refractivity contribution is 5.89. The SMILES string of the molecule is CCCC(C)OC(=O)c1ccc([N+](=O)[O-])c(F)c1. The molecule has 6 heteroatoms. The fourth-order valence-corrected chi connectivity index (χ4v) is 1.50. The van der Waals surface area contributed by atoms with Crippen LogP contribution in [0.15, 0.2) is 18.2 Å². The number of nitrogens with zero attached hydrogens (tertiary/aromatic N) is 1. The number of benzene rings is 1. The van der Waals surface area contributed by atoms with Crippen molar-refractivity contribution in [1.82, 2.24) is 0 Å². The van der Waals surface area contributed by atoms with Crippen LogP contribution in [0.1, 0.15) is 37.0 Å². The summed E-state index contributed by atoms with van der Waals surface area (Å²) >= 11 is 0. The third-order valence-corrected chi connectivity index (χ3v) is 2.38. The Kier molecular flexibility index (Phi) is 4.76. The number of nitro benzene ring substituents is 1. The number of carbonyl (C=O) groups excluding carboxylic acids is 1. The van der Waals surface area contributed by atoms with Crippen molar-refractivity contribution in [2.75, 3.05) is 0 Å². The number of ether oxygens (including phenoxy) is 1. The molecule has 0 aliphatic carbocycles. The molecule has 1 rings (SSSR count). The Morgan fingerprint density at radius 2 is 2.22 bits per heavy atom. The van der Waals surface area contributed by atoms with Crippen LogP contribution in [0.2, 0.25) is 0 Å². The van der Waals surface area contributed by atoms with Gasteiger partial charge in [-0.25, -0.2) is 4.79 Å².